The van der Waals surface area contributed by atoms with Crippen molar-refractivity contribution in [2.24, 2.45) is 0 Å². The lowest BCUT2D eigenvalue weighted by molar-refractivity contribution is 0.144. The summed E-state index contributed by atoms with van der Waals surface area (Å²) >= 11 is 0. The molecule has 3 nitrogen and oxygen atoms in total. The zero-order chi connectivity index (χ0) is 11.6. The van der Waals surface area contributed by atoms with E-state index in [1.54, 1.807) is 12.1 Å². The smallest absolute Gasteiger partial charge is 0.143 e. The number of rotatable bonds is 3. The molecule has 1 saturated carbocycles. The van der Waals surface area contributed by atoms with Gasteiger partial charge in [0.2, 0.25) is 0 Å². The van der Waals surface area contributed by atoms with E-state index in [-0.39, 0.29) is 17.7 Å². The van der Waals surface area contributed by atoms with Gasteiger partial charge in [-0.2, -0.15) is 5.26 Å². The van der Waals surface area contributed by atoms with E-state index >= 15 is 0 Å². The van der Waals surface area contributed by atoms with E-state index in [2.05, 4.69) is 5.32 Å². The number of aliphatic hydroxyl groups is 1. The Balaban J connectivity index is 2.16. The summed E-state index contributed by atoms with van der Waals surface area (Å²) in [7, 11) is 0. The molecule has 0 aromatic heterocycles. The van der Waals surface area contributed by atoms with E-state index in [4.69, 9.17) is 5.26 Å². The van der Waals surface area contributed by atoms with Crippen molar-refractivity contribution in [3.8, 4) is 6.07 Å². The highest BCUT2D eigenvalue weighted by Crippen LogP contribution is 2.35. The molecule has 0 spiro atoms. The zero-order valence-corrected chi connectivity index (χ0v) is 8.83. The number of halogens is 1. The summed E-state index contributed by atoms with van der Waals surface area (Å²) in [5, 5.41) is 21.0. The fraction of sp³-hybridized carbons (Fsp3) is 0.417. The van der Waals surface area contributed by atoms with Crippen LogP contribution in [0.5, 0.6) is 0 Å². The van der Waals surface area contributed by atoms with Gasteiger partial charge < -0.3 is 10.4 Å². The predicted octanol–water partition coefficient (Wildman–Crippen LogP) is 2.02. The number of nitrogens with one attached hydrogen (secondary N) is 1. The van der Waals surface area contributed by atoms with Crippen LogP contribution in [0.2, 0.25) is 0 Å². The molecule has 0 bridgehead atoms. The highest BCUT2D eigenvalue weighted by Gasteiger charge is 2.36. The van der Waals surface area contributed by atoms with Crippen LogP contribution in [0.25, 0.3) is 0 Å². The molecule has 1 fully saturated rings. The Kier molecular flexibility index (Phi) is 2.80. The minimum Gasteiger partial charge on any atom is -0.394 e. The van der Waals surface area contributed by atoms with Crippen molar-refractivity contribution < 1.29 is 9.50 Å². The van der Waals surface area contributed by atoms with Crippen LogP contribution in [0, 0.1) is 17.1 Å². The maximum Gasteiger partial charge on any atom is 0.143 e. The molecule has 0 heterocycles. The second-order valence-corrected chi connectivity index (χ2v) is 4.22. The van der Waals surface area contributed by atoms with Gasteiger partial charge in [0.1, 0.15) is 11.9 Å². The Labute approximate surface area is 93.5 Å². The van der Waals surface area contributed by atoms with E-state index in [1.165, 1.54) is 12.1 Å². The van der Waals surface area contributed by atoms with E-state index in [9.17, 15) is 9.50 Å². The summed E-state index contributed by atoms with van der Waals surface area (Å²) in [6, 6.07) is 6.18. The first-order valence-electron chi connectivity index (χ1n) is 5.28. The van der Waals surface area contributed by atoms with Crippen molar-refractivity contribution in [2.45, 2.75) is 24.8 Å². The third kappa shape index (κ3) is 1.86. The molecule has 0 atom stereocenters. The lowest BCUT2D eigenvalue weighted by Crippen LogP contribution is -2.48. The molecule has 84 valence electrons. The van der Waals surface area contributed by atoms with Gasteiger partial charge in [0.25, 0.3) is 0 Å². The van der Waals surface area contributed by atoms with Crippen LogP contribution in [0.1, 0.15) is 24.8 Å². The van der Waals surface area contributed by atoms with Crippen molar-refractivity contribution in [3.05, 3.63) is 29.6 Å². The van der Waals surface area contributed by atoms with Crippen molar-refractivity contribution in [2.75, 3.05) is 11.9 Å². The number of hydrogen-bond acceptors (Lipinski definition) is 3. The standard InChI is InChI=1S/C12H13FN2O/c13-11-6-10(3-2-9(11)7-14)15-12(8-16)4-1-5-12/h2-3,6,15-16H,1,4-5,8H2. The van der Waals surface area contributed by atoms with Crippen LogP contribution in [0.15, 0.2) is 18.2 Å². The van der Waals surface area contributed by atoms with Crippen molar-refractivity contribution in [1.82, 2.24) is 0 Å². The molecule has 0 saturated heterocycles. The molecular formula is C12H13FN2O. The average molecular weight is 220 g/mol. The molecule has 1 aromatic rings. The molecule has 2 rings (SSSR count). The van der Waals surface area contributed by atoms with Gasteiger partial charge in [-0.15, -0.1) is 0 Å². The summed E-state index contributed by atoms with van der Waals surface area (Å²) in [4.78, 5) is 0. The average Bonchev–Trinajstić information content (AvgIpc) is 2.24. The third-order valence-corrected chi connectivity index (χ3v) is 3.11. The predicted molar refractivity (Wildman–Crippen MR) is 58.4 cm³/mol. The Bertz CT molecular complexity index is 430. The number of benzene rings is 1. The Morgan fingerprint density at radius 2 is 2.25 bits per heavy atom. The van der Waals surface area contributed by atoms with Gasteiger partial charge in [0.15, 0.2) is 0 Å². The number of nitrogens with zero attached hydrogens (tertiary/aromatic N) is 1. The van der Waals surface area contributed by atoms with E-state index in [0.29, 0.717) is 5.69 Å². The van der Waals surface area contributed by atoms with Crippen molar-refractivity contribution in [3.63, 3.8) is 0 Å². The topological polar surface area (TPSA) is 56.0 Å². The second-order valence-electron chi connectivity index (χ2n) is 4.22. The molecule has 4 heteroatoms. The van der Waals surface area contributed by atoms with Gasteiger partial charge in [-0.3, -0.25) is 0 Å². The summed E-state index contributed by atoms with van der Waals surface area (Å²) < 4.78 is 13.3. The van der Waals surface area contributed by atoms with Crippen molar-refractivity contribution >= 4 is 5.69 Å². The van der Waals surface area contributed by atoms with Gasteiger partial charge in [-0.25, -0.2) is 4.39 Å². The first-order valence-corrected chi connectivity index (χ1v) is 5.28. The van der Waals surface area contributed by atoms with Crippen LogP contribution in [-0.4, -0.2) is 17.3 Å². The summed E-state index contributed by atoms with van der Waals surface area (Å²) in [6.45, 7) is 0.0502. The summed E-state index contributed by atoms with van der Waals surface area (Å²) in [5.41, 5.74) is 0.364. The molecule has 0 amide bonds. The van der Waals surface area contributed by atoms with E-state index in [0.717, 1.165) is 19.3 Å². The van der Waals surface area contributed by atoms with Gasteiger partial charge in [-0.05, 0) is 37.5 Å². The first-order chi connectivity index (χ1) is 7.69. The highest BCUT2D eigenvalue weighted by molar-refractivity contribution is 5.50. The van der Waals surface area contributed by atoms with E-state index < -0.39 is 5.82 Å². The minimum absolute atomic E-state index is 0.0391. The largest absolute Gasteiger partial charge is 0.394 e. The fourth-order valence-electron chi connectivity index (χ4n) is 1.92. The number of aliphatic hydroxyl groups excluding tert-OH is 1. The summed E-state index contributed by atoms with van der Waals surface area (Å²) in [5.74, 6) is -0.528. The third-order valence-electron chi connectivity index (χ3n) is 3.11. The molecule has 1 aliphatic carbocycles. The number of anilines is 1. The SMILES string of the molecule is N#Cc1ccc(NC2(CO)CCC2)cc1F. The van der Waals surface area contributed by atoms with E-state index in [1.807, 2.05) is 0 Å². The normalized spacial score (nSPS) is 17.3. The number of hydrogen-bond donors (Lipinski definition) is 2. The first kappa shape index (κ1) is 10.9. The Morgan fingerprint density at radius 3 is 2.69 bits per heavy atom. The second kappa shape index (κ2) is 4.11. The zero-order valence-electron chi connectivity index (χ0n) is 8.83. The molecule has 0 aliphatic heterocycles. The molecular weight excluding hydrogens is 207 g/mol. The maximum atomic E-state index is 13.3. The van der Waals surface area contributed by atoms with Crippen LogP contribution in [0.3, 0.4) is 0 Å². The summed E-state index contributed by atoms with van der Waals surface area (Å²) in [6.07, 6.45) is 2.86. The minimum atomic E-state index is -0.528. The molecule has 0 unspecified atom stereocenters. The van der Waals surface area contributed by atoms with Crippen LogP contribution in [-0.2, 0) is 0 Å². The molecule has 2 N–H and O–H groups in total. The van der Waals surface area contributed by atoms with Crippen LogP contribution in [0.4, 0.5) is 10.1 Å². The molecule has 0 radical (unpaired) electrons. The van der Waals surface area contributed by atoms with Gasteiger partial charge in [0, 0.05) is 5.69 Å². The van der Waals surface area contributed by atoms with Gasteiger partial charge in [0.05, 0.1) is 17.7 Å². The number of nitriles is 1. The maximum absolute atomic E-state index is 13.3. The molecule has 1 aromatic carbocycles. The molecule has 1 aliphatic rings. The monoisotopic (exact) mass is 220 g/mol. The Hall–Kier alpha value is -1.60. The quantitative estimate of drug-likeness (QED) is 0.819. The van der Waals surface area contributed by atoms with Crippen LogP contribution >= 0.6 is 0 Å². The Morgan fingerprint density at radius 1 is 1.50 bits per heavy atom. The molecule has 16 heavy (non-hydrogen) atoms. The van der Waals surface area contributed by atoms with Gasteiger partial charge >= 0.3 is 0 Å². The van der Waals surface area contributed by atoms with Crippen molar-refractivity contribution in [1.29, 1.82) is 5.26 Å². The lowest BCUT2D eigenvalue weighted by atomic mass is 9.77. The van der Waals surface area contributed by atoms with Gasteiger partial charge in [-0.1, -0.05) is 0 Å². The highest BCUT2D eigenvalue weighted by atomic mass is 19.1. The lowest BCUT2D eigenvalue weighted by Gasteiger charge is -2.41. The van der Waals surface area contributed by atoms with Crippen LogP contribution < -0.4 is 5.32 Å². The fourth-order valence-corrected chi connectivity index (χ4v) is 1.92.